The average Bonchev–Trinajstić information content (AvgIpc) is 1.83. The predicted molar refractivity (Wildman–Crippen MR) is 33.5 cm³/mol. The Morgan fingerprint density at radius 3 is 2.38 bits per heavy atom. The molecule has 8 heavy (non-hydrogen) atoms. The zero-order chi connectivity index (χ0) is 6.41. The summed E-state index contributed by atoms with van der Waals surface area (Å²) >= 11 is 0. The molecule has 0 radical (unpaired) electrons. The van der Waals surface area contributed by atoms with E-state index in [1.807, 2.05) is 6.07 Å². The Bertz CT molecular complexity index is 148. The van der Waals surface area contributed by atoms with Crippen LogP contribution in [0.1, 0.15) is 13.8 Å². The van der Waals surface area contributed by atoms with E-state index in [9.17, 15) is 0 Å². The number of nitriles is 1. The van der Waals surface area contributed by atoms with Gasteiger partial charge >= 0.3 is 0 Å². The van der Waals surface area contributed by atoms with Crippen LogP contribution in [-0.4, -0.2) is 6.21 Å². The van der Waals surface area contributed by atoms with E-state index in [2.05, 4.69) is 4.99 Å². The first-order valence-electron chi connectivity index (χ1n) is 2.40. The molecule has 0 aromatic carbocycles. The monoisotopic (exact) mass is 108 g/mol. The molecule has 0 N–H and O–H groups in total. The smallest absolute Gasteiger partial charge is 0.135 e. The van der Waals surface area contributed by atoms with Crippen molar-refractivity contribution in [2.75, 3.05) is 0 Å². The highest BCUT2D eigenvalue weighted by atomic mass is 14.7. The summed E-state index contributed by atoms with van der Waals surface area (Å²) in [5.74, 6) is 0. The molecular formula is C6H8N2. The third-order valence-electron chi connectivity index (χ3n) is 0.656. The molecule has 0 aliphatic rings. The van der Waals surface area contributed by atoms with E-state index in [4.69, 9.17) is 5.26 Å². The summed E-state index contributed by atoms with van der Waals surface area (Å²) in [5, 5.41) is 8.23. The molecule has 0 aliphatic carbocycles. The van der Waals surface area contributed by atoms with Gasteiger partial charge in [-0.15, -0.1) is 0 Å². The minimum atomic E-state index is 0.465. The van der Waals surface area contributed by atoms with Crippen molar-refractivity contribution in [1.29, 1.82) is 5.26 Å². The van der Waals surface area contributed by atoms with E-state index < -0.39 is 0 Å². The Morgan fingerprint density at radius 1 is 1.62 bits per heavy atom. The highest BCUT2D eigenvalue weighted by Gasteiger charge is 1.80. The van der Waals surface area contributed by atoms with Gasteiger partial charge in [0.2, 0.25) is 0 Å². The first-order chi connectivity index (χ1) is 3.85. The number of aliphatic imine (C=N–C) groups is 1. The standard InChI is InChI=1S/C6H8N2/c1-3-6(5-7)8-4-2/h3-4H,1-2H3/b6-3-,8-4-. The minimum absolute atomic E-state index is 0.465. The number of allylic oxidation sites excluding steroid dienone is 2. The van der Waals surface area contributed by atoms with E-state index in [1.54, 1.807) is 26.1 Å². The molecule has 0 atom stereocenters. The highest BCUT2D eigenvalue weighted by Crippen LogP contribution is 1.89. The lowest BCUT2D eigenvalue weighted by Gasteiger charge is -1.78. The lowest BCUT2D eigenvalue weighted by Crippen LogP contribution is -1.68. The molecule has 0 spiro atoms. The Morgan fingerprint density at radius 2 is 2.25 bits per heavy atom. The lowest BCUT2D eigenvalue weighted by atomic mass is 10.5. The second-order valence-electron chi connectivity index (χ2n) is 1.17. The molecule has 2 nitrogen and oxygen atoms in total. The molecule has 0 aromatic heterocycles. The van der Waals surface area contributed by atoms with E-state index >= 15 is 0 Å². The SMILES string of the molecule is C/C=N\C(C#N)=C/C. The van der Waals surface area contributed by atoms with Crippen molar-refractivity contribution in [1.82, 2.24) is 0 Å². The van der Waals surface area contributed by atoms with Crippen LogP contribution in [-0.2, 0) is 0 Å². The highest BCUT2D eigenvalue weighted by molar-refractivity contribution is 5.56. The van der Waals surface area contributed by atoms with Gasteiger partial charge < -0.3 is 0 Å². The molecule has 0 aromatic rings. The fourth-order valence-electron chi connectivity index (χ4n) is 0.307. The summed E-state index contributed by atoms with van der Waals surface area (Å²) in [6.45, 7) is 3.56. The summed E-state index contributed by atoms with van der Waals surface area (Å²) in [4.78, 5) is 3.74. The molecule has 0 bridgehead atoms. The molecule has 2 heteroatoms. The van der Waals surface area contributed by atoms with Crippen molar-refractivity contribution in [3.8, 4) is 6.07 Å². The molecule has 0 unspecified atom stereocenters. The molecule has 0 fully saturated rings. The fraction of sp³-hybridized carbons (Fsp3) is 0.333. The second-order valence-corrected chi connectivity index (χ2v) is 1.17. The van der Waals surface area contributed by atoms with Gasteiger partial charge in [0.05, 0.1) is 0 Å². The maximum atomic E-state index is 8.23. The van der Waals surface area contributed by atoms with Gasteiger partial charge in [0.1, 0.15) is 11.8 Å². The van der Waals surface area contributed by atoms with Crippen molar-refractivity contribution in [3.05, 3.63) is 11.8 Å². The van der Waals surface area contributed by atoms with Gasteiger partial charge in [0.15, 0.2) is 0 Å². The first kappa shape index (κ1) is 6.90. The predicted octanol–water partition coefficient (Wildman–Crippen LogP) is 1.50. The first-order valence-corrected chi connectivity index (χ1v) is 2.40. The van der Waals surface area contributed by atoms with Crippen molar-refractivity contribution in [2.24, 2.45) is 4.99 Å². The fourth-order valence-corrected chi connectivity index (χ4v) is 0.307. The van der Waals surface area contributed by atoms with Crippen LogP contribution >= 0.6 is 0 Å². The maximum Gasteiger partial charge on any atom is 0.135 e. The van der Waals surface area contributed by atoms with Crippen LogP contribution in [0.15, 0.2) is 16.8 Å². The molecule has 0 heterocycles. The zero-order valence-electron chi connectivity index (χ0n) is 5.05. The molecule has 0 rings (SSSR count). The molecule has 42 valence electrons. The second kappa shape index (κ2) is 4.07. The van der Waals surface area contributed by atoms with Crippen LogP contribution in [0.5, 0.6) is 0 Å². The summed E-state index contributed by atoms with van der Waals surface area (Å²) in [7, 11) is 0. The molecule has 0 aliphatic heterocycles. The quantitative estimate of drug-likeness (QED) is 0.370. The van der Waals surface area contributed by atoms with Gasteiger partial charge in [-0.05, 0) is 13.8 Å². The van der Waals surface area contributed by atoms with Crippen LogP contribution < -0.4 is 0 Å². The van der Waals surface area contributed by atoms with Crippen LogP contribution in [0.3, 0.4) is 0 Å². The minimum Gasteiger partial charge on any atom is -0.251 e. The van der Waals surface area contributed by atoms with Gasteiger partial charge in [-0.2, -0.15) is 5.26 Å². The van der Waals surface area contributed by atoms with E-state index in [0.29, 0.717) is 5.70 Å². The van der Waals surface area contributed by atoms with Crippen LogP contribution in [0.25, 0.3) is 0 Å². The molecular weight excluding hydrogens is 100 g/mol. The van der Waals surface area contributed by atoms with Crippen LogP contribution in [0, 0.1) is 11.3 Å². The third-order valence-corrected chi connectivity index (χ3v) is 0.656. The van der Waals surface area contributed by atoms with Gasteiger partial charge in [0.25, 0.3) is 0 Å². The summed E-state index contributed by atoms with van der Waals surface area (Å²) < 4.78 is 0. The van der Waals surface area contributed by atoms with E-state index in [-0.39, 0.29) is 0 Å². The number of rotatable bonds is 1. The Labute approximate surface area is 49.2 Å². The topological polar surface area (TPSA) is 36.1 Å². The average molecular weight is 108 g/mol. The molecule has 0 saturated heterocycles. The summed E-state index contributed by atoms with van der Waals surface area (Å²) in [6, 6.07) is 1.92. The Hall–Kier alpha value is -1.10. The van der Waals surface area contributed by atoms with E-state index in [1.165, 1.54) is 0 Å². The number of hydrogen-bond donors (Lipinski definition) is 0. The summed E-state index contributed by atoms with van der Waals surface area (Å²) in [6.07, 6.45) is 3.26. The zero-order valence-corrected chi connectivity index (χ0v) is 5.05. The Kier molecular flexibility index (Phi) is 3.51. The van der Waals surface area contributed by atoms with Gasteiger partial charge in [-0.1, -0.05) is 6.08 Å². The van der Waals surface area contributed by atoms with Crippen molar-refractivity contribution < 1.29 is 0 Å². The maximum absolute atomic E-state index is 8.23. The van der Waals surface area contributed by atoms with Crippen LogP contribution in [0.4, 0.5) is 0 Å². The van der Waals surface area contributed by atoms with Crippen molar-refractivity contribution in [2.45, 2.75) is 13.8 Å². The number of hydrogen-bond acceptors (Lipinski definition) is 2. The van der Waals surface area contributed by atoms with Gasteiger partial charge in [-0.25, -0.2) is 0 Å². The van der Waals surface area contributed by atoms with Crippen LogP contribution in [0.2, 0.25) is 0 Å². The number of nitrogens with zero attached hydrogens (tertiary/aromatic N) is 2. The summed E-state index contributed by atoms with van der Waals surface area (Å²) in [5.41, 5.74) is 0.465. The Balaban J connectivity index is 3.98. The molecule has 0 amide bonds. The van der Waals surface area contributed by atoms with E-state index in [0.717, 1.165) is 0 Å². The van der Waals surface area contributed by atoms with Gasteiger partial charge in [-0.3, -0.25) is 4.99 Å². The van der Waals surface area contributed by atoms with Gasteiger partial charge in [0, 0.05) is 6.21 Å². The van der Waals surface area contributed by atoms with Crippen molar-refractivity contribution in [3.63, 3.8) is 0 Å². The normalized spacial score (nSPS) is 11.9. The largest absolute Gasteiger partial charge is 0.251 e. The lowest BCUT2D eigenvalue weighted by molar-refractivity contribution is 1.36. The third kappa shape index (κ3) is 2.14. The van der Waals surface area contributed by atoms with Crippen molar-refractivity contribution >= 4 is 6.21 Å². The molecule has 0 saturated carbocycles.